The van der Waals surface area contributed by atoms with Crippen LogP contribution < -0.4 is 9.47 Å². The molecular weight excluding hydrogens is 705 g/mol. The summed E-state index contributed by atoms with van der Waals surface area (Å²) >= 11 is 0. The first-order chi connectivity index (χ1) is 28.7. The molecule has 0 saturated carbocycles. The minimum Gasteiger partial charge on any atom is -0.456 e. The maximum absolute atomic E-state index is 6.77. The van der Waals surface area contributed by atoms with Gasteiger partial charge in [-0.2, -0.15) is 0 Å². The fraction of sp³-hybridized carbons (Fsp3) is 0. The Morgan fingerprint density at radius 1 is 0.190 bits per heavy atom. The Hall–Kier alpha value is -7.68. The summed E-state index contributed by atoms with van der Waals surface area (Å²) < 4.78 is 13.5. The predicted octanol–water partition coefficient (Wildman–Crippen LogP) is 15.9. The summed E-state index contributed by atoms with van der Waals surface area (Å²) in [6, 6.07) is 74.0. The van der Waals surface area contributed by atoms with E-state index in [9.17, 15) is 0 Å². The normalized spacial score (nSPS) is 12.1. The molecule has 2 aliphatic rings. The molecule has 0 spiro atoms. The van der Waals surface area contributed by atoms with Crippen molar-refractivity contribution in [3.8, 4) is 101 Å². The van der Waals surface area contributed by atoms with Crippen LogP contribution in [0.15, 0.2) is 206 Å². The molecule has 58 heavy (non-hydrogen) atoms. The zero-order chi connectivity index (χ0) is 38.2. The van der Waals surface area contributed by atoms with Crippen molar-refractivity contribution >= 4 is 21.5 Å². The number of benzene rings is 10. The topological polar surface area (TPSA) is 18.5 Å². The van der Waals surface area contributed by atoms with Crippen LogP contribution >= 0.6 is 0 Å². The highest BCUT2D eigenvalue weighted by molar-refractivity contribution is 5.97. The molecular formula is C56H34O2. The second-order valence-electron chi connectivity index (χ2n) is 15.3. The molecule has 0 atom stereocenters. The number of hydrogen-bond acceptors (Lipinski definition) is 2. The molecule has 0 saturated heterocycles. The van der Waals surface area contributed by atoms with Crippen molar-refractivity contribution in [2.24, 2.45) is 0 Å². The van der Waals surface area contributed by atoms with E-state index < -0.39 is 0 Å². The fourth-order valence-corrected chi connectivity index (χ4v) is 8.92. The first-order valence-electron chi connectivity index (χ1n) is 19.8. The van der Waals surface area contributed by atoms with Crippen molar-refractivity contribution in [3.63, 3.8) is 0 Å². The molecule has 2 heterocycles. The van der Waals surface area contributed by atoms with Crippen molar-refractivity contribution in [2.75, 3.05) is 0 Å². The van der Waals surface area contributed by atoms with E-state index in [4.69, 9.17) is 9.47 Å². The quantitative estimate of drug-likeness (QED) is 0.180. The lowest BCUT2D eigenvalue weighted by Gasteiger charge is -2.14. The second-order valence-corrected chi connectivity index (χ2v) is 15.3. The molecule has 2 heteroatoms. The lowest BCUT2D eigenvalue weighted by Crippen LogP contribution is -1.90. The summed E-state index contributed by atoms with van der Waals surface area (Å²) in [7, 11) is 0. The first kappa shape index (κ1) is 32.6. The second kappa shape index (κ2) is 12.9. The summed E-state index contributed by atoms with van der Waals surface area (Å²) in [5, 5.41) is 4.94. The van der Waals surface area contributed by atoms with Crippen LogP contribution in [0.25, 0.3) is 99.4 Å². The molecule has 0 unspecified atom stereocenters. The van der Waals surface area contributed by atoms with E-state index in [1.165, 1.54) is 32.7 Å². The van der Waals surface area contributed by atoms with Crippen LogP contribution in [0.5, 0.6) is 23.0 Å². The maximum Gasteiger partial charge on any atom is 0.135 e. The van der Waals surface area contributed by atoms with E-state index in [0.717, 1.165) is 89.8 Å². The Morgan fingerprint density at radius 2 is 0.448 bits per heavy atom. The van der Waals surface area contributed by atoms with Gasteiger partial charge in [0, 0.05) is 22.3 Å². The zero-order valence-corrected chi connectivity index (χ0v) is 31.4. The SMILES string of the molecule is c1ccc2c(c1)-c1cc(-c3ccc4c(c3)-c3ccccc3-c3cc(-c5ccc6ccccc6c5)ccc3O4)ccc1Oc1ccc(-c3ccc4ccccc4c3)cc1-2. The number of hydrogen-bond donors (Lipinski definition) is 0. The summed E-state index contributed by atoms with van der Waals surface area (Å²) in [6.45, 7) is 0. The Labute approximate surface area is 336 Å². The first-order valence-corrected chi connectivity index (χ1v) is 19.8. The standard InChI is InChI=1S/C56H34O2/c1-3-11-37-29-39(19-17-35(37)9-1)41-21-25-53-49(31-41)45-13-5-7-15-47(45)51-33-43(23-27-55(51)57-53)44-24-28-56-52(34-44)48-16-8-6-14-46(48)50-32-42(22-26-54(50)58-56)40-20-18-36-10-2-4-12-38(36)30-40/h1-34H. The molecule has 2 nitrogen and oxygen atoms in total. The molecule has 0 aliphatic carbocycles. The Kier molecular flexibility index (Phi) is 7.26. The number of rotatable bonds is 3. The van der Waals surface area contributed by atoms with E-state index in [2.05, 4.69) is 206 Å². The van der Waals surface area contributed by atoms with E-state index in [0.29, 0.717) is 0 Å². The molecule has 10 aromatic rings. The van der Waals surface area contributed by atoms with Crippen molar-refractivity contribution < 1.29 is 9.47 Å². The summed E-state index contributed by atoms with van der Waals surface area (Å²) in [4.78, 5) is 0. The third kappa shape index (κ3) is 5.34. The third-order valence-electron chi connectivity index (χ3n) is 11.9. The van der Waals surface area contributed by atoms with Gasteiger partial charge in [0.15, 0.2) is 0 Å². The van der Waals surface area contributed by atoms with Gasteiger partial charge in [-0.25, -0.2) is 0 Å². The van der Waals surface area contributed by atoms with Gasteiger partial charge in [0.1, 0.15) is 23.0 Å². The minimum absolute atomic E-state index is 0.842. The molecule has 0 bridgehead atoms. The van der Waals surface area contributed by atoms with Crippen LogP contribution in [-0.2, 0) is 0 Å². The molecule has 0 amide bonds. The van der Waals surface area contributed by atoms with Crippen LogP contribution in [0.3, 0.4) is 0 Å². The van der Waals surface area contributed by atoms with Crippen molar-refractivity contribution in [1.82, 2.24) is 0 Å². The molecule has 0 fully saturated rings. The highest BCUT2D eigenvalue weighted by Gasteiger charge is 2.24. The van der Waals surface area contributed by atoms with E-state index in [1.807, 2.05) is 0 Å². The highest BCUT2D eigenvalue weighted by Crippen LogP contribution is 2.51. The largest absolute Gasteiger partial charge is 0.456 e. The van der Waals surface area contributed by atoms with Crippen LogP contribution in [0, 0.1) is 0 Å². The van der Waals surface area contributed by atoms with Crippen molar-refractivity contribution in [3.05, 3.63) is 206 Å². The zero-order valence-electron chi connectivity index (χ0n) is 31.4. The molecule has 12 rings (SSSR count). The number of fused-ring (bicyclic) bond motifs is 12. The summed E-state index contributed by atoms with van der Waals surface area (Å²) in [5.41, 5.74) is 15.8. The lowest BCUT2D eigenvalue weighted by molar-refractivity contribution is 0.487. The van der Waals surface area contributed by atoms with Gasteiger partial charge in [0.25, 0.3) is 0 Å². The van der Waals surface area contributed by atoms with E-state index >= 15 is 0 Å². The molecule has 0 N–H and O–H groups in total. The van der Waals surface area contributed by atoms with Crippen LogP contribution in [0.2, 0.25) is 0 Å². The fourth-order valence-electron chi connectivity index (χ4n) is 8.92. The monoisotopic (exact) mass is 738 g/mol. The van der Waals surface area contributed by atoms with Gasteiger partial charge in [-0.3, -0.25) is 0 Å². The molecule has 270 valence electrons. The highest BCUT2D eigenvalue weighted by atomic mass is 16.5. The van der Waals surface area contributed by atoms with Crippen LogP contribution in [-0.4, -0.2) is 0 Å². The van der Waals surface area contributed by atoms with Gasteiger partial charge in [-0.05, 0) is 138 Å². The smallest absolute Gasteiger partial charge is 0.135 e. The van der Waals surface area contributed by atoms with E-state index in [1.54, 1.807) is 0 Å². The van der Waals surface area contributed by atoms with Crippen molar-refractivity contribution in [2.45, 2.75) is 0 Å². The average molecular weight is 739 g/mol. The molecule has 2 aliphatic heterocycles. The Morgan fingerprint density at radius 3 is 0.776 bits per heavy atom. The van der Waals surface area contributed by atoms with Gasteiger partial charge < -0.3 is 9.47 Å². The minimum atomic E-state index is 0.842. The van der Waals surface area contributed by atoms with Crippen LogP contribution in [0.1, 0.15) is 0 Å². The van der Waals surface area contributed by atoms with Gasteiger partial charge in [-0.1, -0.05) is 146 Å². The molecule has 0 radical (unpaired) electrons. The maximum atomic E-state index is 6.77. The van der Waals surface area contributed by atoms with Crippen LogP contribution in [0.4, 0.5) is 0 Å². The van der Waals surface area contributed by atoms with Gasteiger partial charge in [0.2, 0.25) is 0 Å². The number of ether oxygens (including phenoxy) is 2. The Balaban J connectivity index is 0.933. The van der Waals surface area contributed by atoms with Crippen molar-refractivity contribution in [1.29, 1.82) is 0 Å². The summed E-state index contributed by atoms with van der Waals surface area (Å²) in [6.07, 6.45) is 0. The lowest BCUT2D eigenvalue weighted by atomic mass is 9.89. The average Bonchev–Trinajstić information content (AvgIpc) is 3.52. The van der Waals surface area contributed by atoms with Gasteiger partial charge in [0.05, 0.1) is 0 Å². The summed E-state index contributed by atoms with van der Waals surface area (Å²) in [5.74, 6) is 3.39. The third-order valence-corrected chi connectivity index (χ3v) is 11.9. The molecule has 0 aromatic heterocycles. The van der Waals surface area contributed by atoms with E-state index in [-0.39, 0.29) is 0 Å². The predicted molar refractivity (Wildman–Crippen MR) is 240 cm³/mol. The molecule has 10 aromatic carbocycles. The van der Waals surface area contributed by atoms with Gasteiger partial charge >= 0.3 is 0 Å². The van der Waals surface area contributed by atoms with Gasteiger partial charge in [-0.15, -0.1) is 0 Å². The Bertz CT molecular complexity index is 3080.